The molecule has 2 rings (SSSR count). The van der Waals surface area contributed by atoms with Gasteiger partial charge in [-0.3, -0.25) is 9.48 Å². The summed E-state index contributed by atoms with van der Waals surface area (Å²) >= 11 is 0. The van der Waals surface area contributed by atoms with Crippen LogP contribution in [0.1, 0.15) is 32.7 Å². The molecule has 23 heavy (non-hydrogen) atoms. The summed E-state index contributed by atoms with van der Waals surface area (Å²) in [6.45, 7) is 4.83. The Hall–Kier alpha value is -1.45. The topological polar surface area (TPSA) is 111 Å². The smallest absolute Gasteiger partial charge is 0.307 e. The Morgan fingerprint density at radius 1 is 1.57 bits per heavy atom. The average Bonchev–Trinajstić information content (AvgIpc) is 3.12. The maximum atomic E-state index is 12.3. The second-order valence-corrected chi connectivity index (χ2v) is 7.96. The van der Waals surface area contributed by atoms with Gasteiger partial charge in [0.05, 0.1) is 24.8 Å². The first-order valence-electron chi connectivity index (χ1n) is 7.64. The highest BCUT2D eigenvalue weighted by atomic mass is 32.2. The number of aliphatic carboxylic acids is 1. The van der Waals surface area contributed by atoms with Crippen LogP contribution in [0.5, 0.6) is 0 Å². The van der Waals surface area contributed by atoms with Crippen LogP contribution in [-0.4, -0.2) is 49.0 Å². The SMILES string of the molecule is CC(C)CC(CNS(=O)(=O)c1cnn(C2CCOC2)c1)C(=O)O. The van der Waals surface area contributed by atoms with Gasteiger partial charge in [0.2, 0.25) is 10.0 Å². The number of nitrogens with one attached hydrogen (secondary N) is 1. The number of hydrogen-bond donors (Lipinski definition) is 2. The molecule has 0 amide bonds. The molecule has 1 aromatic heterocycles. The minimum atomic E-state index is -3.77. The van der Waals surface area contributed by atoms with Crippen LogP contribution in [0.25, 0.3) is 0 Å². The van der Waals surface area contributed by atoms with Gasteiger partial charge in [0.15, 0.2) is 0 Å². The Bertz CT molecular complexity index is 635. The number of carboxylic acids is 1. The Morgan fingerprint density at radius 2 is 2.30 bits per heavy atom. The van der Waals surface area contributed by atoms with Crippen LogP contribution in [0.2, 0.25) is 0 Å². The van der Waals surface area contributed by atoms with Crippen LogP contribution < -0.4 is 4.72 Å². The molecule has 2 unspecified atom stereocenters. The van der Waals surface area contributed by atoms with Crippen molar-refractivity contribution in [2.45, 2.75) is 37.6 Å². The largest absolute Gasteiger partial charge is 0.481 e. The third kappa shape index (κ3) is 4.76. The van der Waals surface area contributed by atoms with Gasteiger partial charge in [-0.25, -0.2) is 13.1 Å². The molecule has 1 aromatic rings. The fourth-order valence-corrected chi connectivity index (χ4v) is 3.54. The lowest BCUT2D eigenvalue weighted by atomic mass is 9.98. The van der Waals surface area contributed by atoms with E-state index in [1.54, 1.807) is 4.68 Å². The first-order valence-corrected chi connectivity index (χ1v) is 9.12. The molecular weight excluding hydrogens is 322 g/mol. The van der Waals surface area contributed by atoms with Gasteiger partial charge in [-0.1, -0.05) is 13.8 Å². The van der Waals surface area contributed by atoms with Crippen molar-refractivity contribution < 1.29 is 23.1 Å². The van der Waals surface area contributed by atoms with Gasteiger partial charge in [-0.2, -0.15) is 5.10 Å². The number of sulfonamides is 1. The van der Waals surface area contributed by atoms with Crippen molar-refractivity contribution in [1.29, 1.82) is 0 Å². The minimum absolute atomic E-state index is 0.0399. The molecule has 0 aliphatic carbocycles. The summed E-state index contributed by atoms with van der Waals surface area (Å²) in [5.74, 6) is -1.58. The highest BCUT2D eigenvalue weighted by Crippen LogP contribution is 2.20. The molecule has 0 saturated carbocycles. The Balaban J connectivity index is 2.02. The zero-order chi connectivity index (χ0) is 17.0. The maximum absolute atomic E-state index is 12.3. The third-order valence-electron chi connectivity index (χ3n) is 3.79. The number of carbonyl (C=O) groups is 1. The van der Waals surface area contributed by atoms with E-state index in [0.29, 0.717) is 19.6 Å². The normalized spacial score (nSPS) is 20.0. The van der Waals surface area contributed by atoms with Crippen molar-refractivity contribution in [3.05, 3.63) is 12.4 Å². The van der Waals surface area contributed by atoms with E-state index in [1.165, 1.54) is 12.4 Å². The van der Waals surface area contributed by atoms with E-state index in [4.69, 9.17) is 4.74 Å². The van der Waals surface area contributed by atoms with Gasteiger partial charge in [0, 0.05) is 19.3 Å². The second-order valence-electron chi connectivity index (χ2n) is 6.19. The maximum Gasteiger partial charge on any atom is 0.307 e. The predicted octanol–water partition coefficient (Wildman–Crippen LogP) is 0.870. The van der Waals surface area contributed by atoms with Crippen molar-refractivity contribution in [2.24, 2.45) is 11.8 Å². The van der Waals surface area contributed by atoms with Crippen LogP contribution in [0.4, 0.5) is 0 Å². The van der Waals surface area contributed by atoms with Crippen molar-refractivity contribution in [3.63, 3.8) is 0 Å². The molecule has 2 atom stereocenters. The Labute approximate surface area is 135 Å². The first kappa shape index (κ1) is 17.9. The van der Waals surface area contributed by atoms with Crippen molar-refractivity contribution in [1.82, 2.24) is 14.5 Å². The van der Waals surface area contributed by atoms with E-state index < -0.39 is 21.9 Å². The van der Waals surface area contributed by atoms with Crippen molar-refractivity contribution in [2.75, 3.05) is 19.8 Å². The summed E-state index contributed by atoms with van der Waals surface area (Å²) < 4.78 is 33.8. The monoisotopic (exact) mass is 345 g/mol. The molecule has 0 radical (unpaired) electrons. The third-order valence-corrected chi connectivity index (χ3v) is 5.17. The number of nitrogens with zero attached hydrogens (tertiary/aromatic N) is 2. The number of rotatable bonds is 8. The number of aromatic nitrogens is 2. The van der Waals surface area contributed by atoms with Crippen molar-refractivity contribution >= 4 is 16.0 Å². The lowest BCUT2D eigenvalue weighted by Gasteiger charge is -2.15. The van der Waals surface area contributed by atoms with Gasteiger partial charge in [0.25, 0.3) is 0 Å². The Kier molecular flexibility index (Phi) is 5.77. The highest BCUT2D eigenvalue weighted by molar-refractivity contribution is 7.89. The highest BCUT2D eigenvalue weighted by Gasteiger charge is 2.25. The van der Waals surface area contributed by atoms with Gasteiger partial charge < -0.3 is 9.84 Å². The lowest BCUT2D eigenvalue weighted by molar-refractivity contribution is -0.142. The van der Waals surface area contributed by atoms with Gasteiger partial charge in [-0.15, -0.1) is 0 Å². The fourth-order valence-electron chi connectivity index (χ4n) is 2.52. The summed E-state index contributed by atoms with van der Waals surface area (Å²) in [7, 11) is -3.77. The standard InChI is InChI=1S/C14H23N3O5S/c1-10(2)5-11(14(18)19)6-16-23(20,21)13-7-15-17(8-13)12-3-4-22-9-12/h7-8,10-12,16H,3-6,9H2,1-2H3,(H,18,19). The second kappa shape index (κ2) is 7.41. The molecule has 1 aliphatic rings. The van der Waals surface area contributed by atoms with Crippen molar-refractivity contribution in [3.8, 4) is 0 Å². The van der Waals surface area contributed by atoms with E-state index in [-0.39, 0.29) is 23.4 Å². The number of carboxylic acid groups (broad SMARTS) is 1. The van der Waals surface area contributed by atoms with Crippen LogP contribution in [0.15, 0.2) is 17.3 Å². The van der Waals surface area contributed by atoms with Crippen LogP contribution in [0, 0.1) is 11.8 Å². The lowest BCUT2D eigenvalue weighted by Crippen LogP contribution is -2.33. The van der Waals surface area contributed by atoms with Gasteiger partial charge >= 0.3 is 5.97 Å². The Morgan fingerprint density at radius 3 is 2.87 bits per heavy atom. The van der Waals surface area contributed by atoms with Gasteiger partial charge in [-0.05, 0) is 18.8 Å². The molecule has 1 aliphatic heterocycles. The average molecular weight is 345 g/mol. The number of hydrogen-bond acceptors (Lipinski definition) is 5. The van der Waals surface area contributed by atoms with E-state index >= 15 is 0 Å². The molecule has 0 spiro atoms. The first-order chi connectivity index (χ1) is 10.8. The number of ether oxygens (including phenoxy) is 1. The van der Waals surface area contributed by atoms with E-state index in [0.717, 1.165) is 6.42 Å². The van der Waals surface area contributed by atoms with Crippen LogP contribution in [0.3, 0.4) is 0 Å². The fraction of sp³-hybridized carbons (Fsp3) is 0.714. The molecule has 0 bridgehead atoms. The van der Waals surface area contributed by atoms with E-state index in [2.05, 4.69) is 9.82 Å². The molecule has 9 heteroatoms. The predicted molar refractivity (Wildman–Crippen MR) is 82.5 cm³/mol. The van der Waals surface area contributed by atoms with E-state index in [1.807, 2.05) is 13.8 Å². The van der Waals surface area contributed by atoms with Gasteiger partial charge in [0.1, 0.15) is 4.90 Å². The molecule has 2 N–H and O–H groups in total. The molecule has 8 nitrogen and oxygen atoms in total. The van der Waals surface area contributed by atoms with Crippen LogP contribution in [-0.2, 0) is 19.6 Å². The summed E-state index contributed by atoms with van der Waals surface area (Å²) in [5.41, 5.74) is 0. The minimum Gasteiger partial charge on any atom is -0.481 e. The zero-order valence-electron chi connectivity index (χ0n) is 13.3. The summed E-state index contributed by atoms with van der Waals surface area (Å²) in [4.78, 5) is 11.2. The summed E-state index contributed by atoms with van der Waals surface area (Å²) in [6, 6.07) is 0.0478. The molecule has 130 valence electrons. The molecule has 2 heterocycles. The summed E-state index contributed by atoms with van der Waals surface area (Å²) in [6.07, 6.45) is 3.94. The van der Waals surface area contributed by atoms with E-state index in [9.17, 15) is 18.3 Å². The quantitative estimate of drug-likeness (QED) is 0.723. The zero-order valence-corrected chi connectivity index (χ0v) is 14.1. The molecule has 1 saturated heterocycles. The van der Waals surface area contributed by atoms with Crippen LogP contribution >= 0.6 is 0 Å². The molecule has 1 fully saturated rings. The molecular formula is C14H23N3O5S. The molecule has 0 aromatic carbocycles. The summed E-state index contributed by atoms with van der Waals surface area (Å²) in [5, 5.41) is 13.2.